The molecule has 5 nitrogen and oxygen atoms in total. The number of carbonyl (C=O) groups excluding carboxylic acids is 1. The van der Waals surface area contributed by atoms with E-state index in [1.54, 1.807) is 17.7 Å². The highest BCUT2D eigenvalue weighted by molar-refractivity contribution is 8.14. The number of aliphatic carboxylic acids is 1. The molecular formula is C14H13NO4S. The summed E-state index contributed by atoms with van der Waals surface area (Å²) in [7, 11) is 1.59. The van der Waals surface area contributed by atoms with Crippen molar-refractivity contribution < 1.29 is 19.4 Å². The number of hydrogen-bond acceptors (Lipinski definition) is 4. The minimum Gasteiger partial charge on any atom is -0.497 e. The molecule has 6 heteroatoms. The Labute approximate surface area is 119 Å². The highest BCUT2D eigenvalue weighted by Crippen LogP contribution is 2.35. The number of thioether (sulfide) groups is 1. The third-order valence-corrected chi connectivity index (χ3v) is 4.31. The molecule has 0 amide bonds. The number of fused-ring (bicyclic) bond motifs is 3. The van der Waals surface area contributed by atoms with Gasteiger partial charge in [0.1, 0.15) is 18.0 Å². The van der Waals surface area contributed by atoms with Crippen molar-refractivity contribution in [3.63, 3.8) is 0 Å². The van der Waals surface area contributed by atoms with Gasteiger partial charge >= 0.3 is 5.97 Å². The van der Waals surface area contributed by atoms with E-state index in [1.165, 1.54) is 11.8 Å². The molecule has 0 fully saturated rings. The van der Waals surface area contributed by atoms with Gasteiger partial charge in [0.2, 0.25) is 5.12 Å². The molecule has 1 aliphatic heterocycles. The number of methoxy groups -OCH3 is 1. The molecule has 0 bridgehead atoms. The Bertz CT molecular complexity index is 720. The molecule has 0 atom stereocenters. The summed E-state index contributed by atoms with van der Waals surface area (Å²) in [4.78, 5) is 23.2. The molecule has 1 aliphatic rings. The predicted molar refractivity (Wildman–Crippen MR) is 76.6 cm³/mol. The molecule has 0 spiro atoms. The van der Waals surface area contributed by atoms with Crippen molar-refractivity contribution in [3.05, 3.63) is 29.5 Å². The summed E-state index contributed by atoms with van der Waals surface area (Å²) in [5.41, 5.74) is 2.23. The van der Waals surface area contributed by atoms with Crippen LogP contribution >= 0.6 is 11.8 Å². The number of ether oxygens (including phenoxy) is 1. The summed E-state index contributed by atoms with van der Waals surface area (Å²) in [6, 6.07) is 5.47. The maximum absolute atomic E-state index is 12.1. The van der Waals surface area contributed by atoms with Crippen LogP contribution in [0.5, 0.6) is 5.75 Å². The minimum absolute atomic E-state index is 0.0531. The molecule has 1 aromatic heterocycles. The first-order chi connectivity index (χ1) is 9.61. The highest BCUT2D eigenvalue weighted by Gasteiger charge is 2.27. The maximum atomic E-state index is 12.1. The second-order valence-electron chi connectivity index (χ2n) is 4.58. The molecule has 0 saturated carbocycles. The monoisotopic (exact) mass is 291 g/mol. The second-order valence-corrected chi connectivity index (χ2v) is 5.64. The molecule has 0 aliphatic carbocycles. The SMILES string of the molecule is COc1ccc2c(c1)c1c(n2CC(=O)O)C(=O)SCC1. The number of nitrogens with zero attached hydrogens (tertiary/aromatic N) is 1. The topological polar surface area (TPSA) is 68.5 Å². The first kappa shape index (κ1) is 13.1. The van der Waals surface area contributed by atoms with Crippen LogP contribution in [-0.4, -0.2) is 33.6 Å². The summed E-state index contributed by atoms with van der Waals surface area (Å²) in [6.07, 6.45) is 0.766. The van der Waals surface area contributed by atoms with Crippen molar-refractivity contribution in [3.8, 4) is 5.75 Å². The van der Waals surface area contributed by atoms with Crippen LogP contribution in [0.3, 0.4) is 0 Å². The molecule has 0 radical (unpaired) electrons. The lowest BCUT2D eigenvalue weighted by atomic mass is 10.1. The molecule has 3 rings (SSSR count). The zero-order valence-electron chi connectivity index (χ0n) is 10.9. The standard InChI is InChI=1S/C14H13NO4S/c1-19-8-2-3-11-10(6-8)9-4-5-20-14(18)13(9)15(11)7-12(16)17/h2-3,6H,4-5,7H2,1H3,(H,16,17). The van der Waals surface area contributed by atoms with Gasteiger partial charge in [-0.2, -0.15) is 0 Å². The van der Waals surface area contributed by atoms with Crippen molar-refractivity contribution in [1.29, 1.82) is 0 Å². The van der Waals surface area contributed by atoms with Gasteiger partial charge in [0.15, 0.2) is 0 Å². The Morgan fingerprint density at radius 2 is 2.30 bits per heavy atom. The van der Waals surface area contributed by atoms with E-state index in [-0.39, 0.29) is 11.7 Å². The van der Waals surface area contributed by atoms with Gasteiger partial charge in [-0.15, -0.1) is 0 Å². The van der Waals surface area contributed by atoms with Crippen molar-refractivity contribution in [2.75, 3.05) is 12.9 Å². The van der Waals surface area contributed by atoms with E-state index in [4.69, 9.17) is 9.84 Å². The van der Waals surface area contributed by atoms with E-state index < -0.39 is 5.97 Å². The van der Waals surface area contributed by atoms with Crippen molar-refractivity contribution >= 4 is 33.7 Å². The lowest BCUT2D eigenvalue weighted by Crippen LogP contribution is -2.17. The van der Waals surface area contributed by atoms with Gasteiger partial charge in [0.25, 0.3) is 0 Å². The molecule has 1 N–H and O–H groups in total. The molecule has 1 aromatic carbocycles. The number of carboxylic acid groups (broad SMARTS) is 1. The number of hydrogen-bond donors (Lipinski definition) is 1. The number of aryl methyl sites for hydroxylation is 1. The van der Waals surface area contributed by atoms with E-state index in [1.807, 2.05) is 12.1 Å². The third-order valence-electron chi connectivity index (χ3n) is 3.45. The predicted octanol–water partition coefficient (Wildman–Crippen LogP) is 2.16. The lowest BCUT2D eigenvalue weighted by Gasteiger charge is -2.12. The third kappa shape index (κ3) is 1.96. The molecule has 0 unspecified atom stereocenters. The summed E-state index contributed by atoms with van der Waals surface area (Å²) < 4.78 is 6.81. The van der Waals surface area contributed by atoms with Gasteiger partial charge in [-0.1, -0.05) is 11.8 Å². The number of benzene rings is 1. The van der Waals surface area contributed by atoms with Crippen molar-refractivity contribution in [2.24, 2.45) is 0 Å². The summed E-state index contributed by atoms with van der Waals surface area (Å²) in [5, 5.41) is 9.93. The first-order valence-corrected chi connectivity index (χ1v) is 7.18. The Hall–Kier alpha value is -1.95. The normalized spacial score (nSPS) is 14.3. The Kier molecular flexibility index (Phi) is 3.17. The van der Waals surface area contributed by atoms with E-state index >= 15 is 0 Å². The fourth-order valence-corrected chi connectivity index (χ4v) is 3.49. The Morgan fingerprint density at radius 1 is 1.50 bits per heavy atom. The van der Waals surface area contributed by atoms with Gasteiger partial charge in [-0.05, 0) is 30.2 Å². The second kappa shape index (κ2) is 4.86. The van der Waals surface area contributed by atoms with Gasteiger partial charge < -0.3 is 14.4 Å². The molecule has 2 heterocycles. The Balaban J connectivity index is 2.32. The summed E-state index contributed by atoms with van der Waals surface area (Å²) in [5.74, 6) is 0.484. The molecule has 0 saturated heterocycles. The van der Waals surface area contributed by atoms with Crippen LogP contribution in [-0.2, 0) is 17.8 Å². The van der Waals surface area contributed by atoms with Crippen LogP contribution < -0.4 is 4.74 Å². The molecule has 20 heavy (non-hydrogen) atoms. The van der Waals surface area contributed by atoms with Gasteiger partial charge in [-0.25, -0.2) is 0 Å². The zero-order chi connectivity index (χ0) is 14.3. The van der Waals surface area contributed by atoms with Crippen LogP contribution in [0.15, 0.2) is 18.2 Å². The van der Waals surface area contributed by atoms with Crippen LogP contribution in [0.1, 0.15) is 16.1 Å². The number of carbonyl (C=O) groups is 2. The summed E-state index contributed by atoms with van der Waals surface area (Å²) in [6.45, 7) is -0.204. The van der Waals surface area contributed by atoms with Gasteiger partial charge in [0, 0.05) is 16.7 Å². The number of carboxylic acids is 1. The smallest absolute Gasteiger partial charge is 0.323 e. The lowest BCUT2D eigenvalue weighted by molar-refractivity contribution is -0.137. The quantitative estimate of drug-likeness (QED) is 0.938. The molecule has 104 valence electrons. The first-order valence-electron chi connectivity index (χ1n) is 6.20. The fourth-order valence-electron chi connectivity index (χ4n) is 2.63. The van der Waals surface area contributed by atoms with E-state index in [0.717, 1.165) is 28.6 Å². The van der Waals surface area contributed by atoms with Crippen LogP contribution in [0.2, 0.25) is 0 Å². The average molecular weight is 291 g/mol. The van der Waals surface area contributed by atoms with Crippen LogP contribution in [0.4, 0.5) is 0 Å². The minimum atomic E-state index is -0.955. The Morgan fingerprint density at radius 3 is 3.00 bits per heavy atom. The largest absolute Gasteiger partial charge is 0.497 e. The van der Waals surface area contributed by atoms with E-state index in [9.17, 15) is 9.59 Å². The molecule has 2 aromatic rings. The fraction of sp³-hybridized carbons (Fsp3) is 0.286. The van der Waals surface area contributed by atoms with Gasteiger partial charge in [0.05, 0.1) is 7.11 Å². The van der Waals surface area contributed by atoms with E-state index in [0.29, 0.717) is 11.4 Å². The molecular weight excluding hydrogens is 278 g/mol. The summed E-state index contributed by atoms with van der Waals surface area (Å²) >= 11 is 1.24. The highest BCUT2D eigenvalue weighted by atomic mass is 32.2. The van der Waals surface area contributed by atoms with E-state index in [2.05, 4.69) is 0 Å². The number of rotatable bonds is 3. The van der Waals surface area contributed by atoms with Crippen molar-refractivity contribution in [2.45, 2.75) is 13.0 Å². The maximum Gasteiger partial charge on any atom is 0.323 e. The average Bonchev–Trinajstić information content (AvgIpc) is 2.73. The van der Waals surface area contributed by atoms with Crippen molar-refractivity contribution in [1.82, 2.24) is 4.57 Å². The van der Waals surface area contributed by atoms with Crippen LogP contribution in [0, 0.1) is 0 Å². The van der Waals surface area contributed by atoms with Gasteiger partial charge in [-0.3, -0.25) is 9.59 Å². The number of aromatic nitrogens is 1. The van der Waals surface area contributed by atoms with Crippen LogP contribution in [0.25, 0.3) is 10.9 Å². The zero-order valence-corrected chi connectivity index (χ0v) is 11.7.